The Labute approximate surface area is 221 Å². The molecule has 0 saturated carbocycles. The summed E-state index contributed by atoms with van der Waals surface area (Å²) in [6, 6.07) is 28.6. The first kappa shape index (κ1) is 33.7. The van der Waals surface area contributed by atoms with Crippen LogP contribution in [-0.2, 0) is 27.0 Å². The van der Waals surface area contributed by atoms with Gasteiger partial charge in [-0.3, -0.25) is 0 Å². The molecule has 0 saturated heterocycles. The summed E-state index contributed by atoms with van der Waals surface area (Å²) in [6.07, 6.45) is 2.15. The Hall–Kier alpha value is -0.453. The van der Waals surface area contributed by atoms with E-state index in [1.165, 1.54) is 22.3 Å². The molecular formula is C26H28Cl4Ru2-4. The van der Waals surface area contributed by atoms with Gasteiger partial charge in [0.05, 0.1) is 0 Å². The molecule has 0 N–H and O–H groups in total. The molecular weight excluding hydrogens is 656 g/mol. The maximum absolute atomic E-state index is 6.19. The second kappa shape index (κ2) is 17.1. The van der Waals surface area contributed by atoms with Crippen LogP contribution in [0.2, 0.25) is 0 Å². The van der Waals surface area contributed by atoms with Crippen LogP contribution in [0.4, 0.5) is 0 Å². The second-order valence-corrected chi connectivity index (χ2v) is 17.2. The van der Waals surface area contributed by atoms with E-state index < -0.39 is 27.0 Å². The van der Waals surface area contributed by atoms with Gasteiger partial charge < -0.3 is 29.7 Å². The first-order valence-electron chi connectivity index (χ1n) is 8.18. The van der Waals surface area contributed by atoms with E-state index in [9.17, 15) is 0 Å². The minimum atomic E-state index is -1.88. The molecule has 4 rings (SSSR count). The van der Waals surface area contributed by atoms with Crippen LogP contribution in [0.25, 0.3) is 5.57 Å². The first-order valence-corrected chi connectivity index (χ1v) is 19.0. The Morgan fingerprint density at radius 1 is 0.562 bits per heavy atom. The van der Waals surface area contributed by atoms with Crippen molar-refractivity contribution in [1.82, 2.24) is 0 Å². The minimum absolute atomic E-state index is 0. The molecule has 3 aromatic rings. The summed E-state index contributed by atoms with van der Waals surface area (Å²) in [5.74, 6) is 0. The zero-order valence-electron chi connectivity index (χ0n) is 18.5. The van der Waals surface area contributed by atoms with Gasteiger partial charge in [0.25, 0.3) is 0 Å². The van der Waals surface area contributed by atoms with Crippen molar-refractivity contribution in [1.29, 1.82) is 0 Å². The topological polar surface area (TPSA) is 0 Å². The quantitative estimate of drug-likeness (QED) is 0.187. The van der Waals surface area contributed by atoms with Crippen LogP contribution in [0.3, 0.4) is 0 Å². The third kappa shape index (κ3) is 9.42. The molecule has 6 heteroatoms. The van der Waals surface area contributed by atoms with Gasteiger partial charge in [-0.25, -0.2) is 0 Å². The van der Waals surface area contributed by atoms with E-state index in [4.69, 9.17) is 38.8 Å². The molecule has 0 radical (unpaired) electrons. The van der Waals surface area contributed by atoms with Crippen molar-refractivity contribution in [3.8, 4) is 0 Å². The molecule has 0 heterocycles. The van der Waals surface area contributed by atoms with E-state index in [1.54, 1.807) is 0 Å². The van der Waals surface area contributed by atoms with Crippen molar-refractivity contribution in [3.05, 3.63) is 143 Å². The van der Waals surface area contributed by atoms with Crippen molar-refractivity contribution < 1.29 is 27.0 Å². The normalized spacial score (nSPS) is 11.4. The van der Waals surface area contributed by atoms with E-state index >= 15 is 0 Å². The Morgan fingerprint density at radius 2 is 1.03 bits per heavy atom. The Morgan fingerprint density at radius 3 is 1.53 bits per heavy atom. The van der Waals surface area contributed by atoms with Crippen LogP contribution >= 0.6 is 38.8 Å². The molecule has 1 aliphatic rings. The molecule has 0 aliphatic heterocycles. The van der Waals surface area contributed by atoms with Gasteiger partial charge >= 0.3 is 193 Å². The van der Waals surface area contributed by atoms with Gasteiger partial charge in [0.1, 0.15) is 0 Å². The van der Waals surface area contributed by atoms with E-state index in [0.717, 1.165) is 9.67 Å². The molecule has 0 nitrogen and oxygen atoms in total. The standard InChI is InChI=1S/C15H10.C7H6.4CH3.4ClH.2Ru/c1-2-6-12(7-3-1)15-11-10-13-8-4-5-9-14(13)15;1-7-5-3-2-4-6-7;;;;;;;;;;/h1-9,11H;1-6H;4*1H3;4*1H;;/q;;4*-1;;;;;2*+2/p-4. The van der Waals surface area contributed by atoms with Crippen LogP contribution in [-0.4, -0.2) is 8.72 Å². The number of hydrogen-bond acceptors (Lipinski definition) is 0. The molecule has 180 valence electrons. The zero-order valence-corrected chi connectivity index (χ0v) is 25.0. The van der Waals surface area contributed by atoms with Crippen LogP contribution in [0.1, 0.15) is 22.3 Å². The number of allylic oxidation sites excluding steroid dienone is 1. The second-order valence-electron chi connectivity index (χ2n) is 5.71. The van der Waals surface area contributed by atoms with Gasteiger partial charge in [-0.1, -0.05) is 0 Å². The van der Waals surface area contributed by atoms with Crippen molar-refractivity contribution in [2.75, 3.05) is 0 Å². The van der Waals surface area contributed by atoms with Crippen molar-refractivity contribution in [2.45, 2.75) is 0 Å². The van der Waals surface area contributed by atoms with Gasteiger partial charge in [0.15, 0.2) is 0 Å². The number of hydrogen-bond donors (Lipinski definition) is 0. The molecule has 0 fully saturated rings. The summed E-state index contributed by atoms with van der Waals surface area (Å²) in [4.78, 5) is 0. The Kier molecular flexibility index (Phi) is 18.0. The van der Waals surface area contributed by atoms with E-state index in [-0.39, 0.29) is 29.7 Å². The summed E-state index contributed by atoms with van der Waals surface area (Å²) < 4.78 is 3.05. The molecule has 0 unspecified atom stereocenters. The molecule has 1 aliphatic carbocycles. The van der Waals surface area contributed by atoms with Gasteiger partial charge in [-0.05, 0) is 0 Å². The number of halogens is 4. The monoisotopic (exact) mass is 684 g/mol. The maximum atomic E-state index is 6.19. The van der Waals surface area contributed by atoms with Gasteiger partial charge in [-0.2, -0.15) is 0 Å². The summed E-state index contributed by atoms with van der Waals surface area (Å²) >= 11 is -3.50. The zero-order chi connectivity index (χ0) is 19.9. The SMILES string of the molecule is [CH3-].[CH3-].[CH3-].[CH3-].[Cl][Ru]([Cl])=[CH]c1ccccc1.[Cl][Ru]([Cl])=[C]1C=C(c2ccccc2)c2ccccc21. The average Bonchev–Trinajstić information content (AvgIpc) is 3.10. The number of fused-ring (bicyclic) bond motifs is 1. The fourth-order valence-corrected chi connectivity index (χ4v) is 7.08. The van der Waals surface area contributed by atoms with Crippen molar-refractivity contribution in [3.63, 3.8) is 0 Å². The Balaban J connectivity index is 0. The van der Waals surface area contributed by atoms with E-state index in [0.29, 0.717) is 0 Å². The summed E-state index contributed by atoms with van der Waals surface area (Å²) in [7, 11) is 23.7. The predicted octanol–water partition coefficient (Wildman–Crippen LogP) is 9.14. The summed E-state index contributed by atoms with van der Waals surface area (Å²) in [6.45, 7) is 0. The third-order valence-electron chi connectivity index (χ3n) is 3.96. The van der Waals surface area contributed by atoms with Crippen LogP contribution in [0.5, 0.6) is 0 Å². The Bertz CT molecular complexity index is 1040. The average molecular weight is 684 g/mol. The van der Waals surface area contributed by atoms with Crippen LogP contribution in [0, 0.1) is 29.7 Å². The van der Waals surface area contributed by atoms with Gasteiger partial charge in [-0.15, -0.1) is 0 Å². The summed E-state index contributed by atoms with van der Waals surface area (Å²) in [5.41, 5.74) is 5.98. The van der Waals surface area contributed by atoms with E-state index in [1.807, 2.05) is 59.2 Å². The molecule has 32 heavy (non-hydrogen) atoms. The number of benzene rings is 3. The fourth-order valence-electron chi connectivity index (χ4n) is 2.78. The van der Waals surface area contributed by atoms with Gasteiger partial charge in [0, 0.05) is 0 Å². The van der Waals surface area contributed by atoms with Crippen LogP contribution in [0.15, 0.2) is 91.0 Å². The molecule has 0 bridgehead atoms. The summed E-state index contributed by atoms with van der Waals surface area (Å²) in [5, 5.41) is 0. The molecule has 0 spiro atoms. The van der Waals surface area contributed by atoms with Crippen molar-refractivity contribution in [2.24, 2.45) is 0 Å². The molecule has 3 aromatic carbocycles. The van der Waals surface area contributed by atoms with Crippen molar-refractivity contribution >= 4 is 53.1 Å². The first-order chi connectivity index (χ1) is 13.6. The molecule has 0 aromatic heterocycles. The van der Waals surface area contributed by atoms with Gasteiger partial charge in [0.2, 0.25) is 0 Å². The third-order valence-corrected chi connectivity index (χ3v) is 8.96. The van der Waals surface area contributed by atoms with E-state index in [2.05, 4.69) is 36.4 Å². The molecule has 0 atom stereocenters. The predicted molar refractivity (Wildman–Crippen MR) is 145 cm³/mol. The molecule has 0 amide bonds. The number of rotatable bonds is 2. The fraction of sp³-hybridized carbons (Fsp3) is 0. The van der Waals surface area contributed by atoms with Crippen LogP contribution < -0.4 is 0 Å².